The van der Waals surface area contributed by atoms with Crippen LogP contribution in [0.5, 0.6) is 0 Å². The minimum atomic E-state index is -5.92. The van der Waals surface area contributed by atoms with E-state index in [0.717, 1.165) is 16.7 Å². The van der Waals surface area contributed by atoms with Gasteiger partial charge in [0.1, 0.15) is 5.60 Å². The second-order valence-corrected chi connectivity index (χ2v) is 12.5. The Hall–Kier alpha value is -3.34. The Bertz CT molecular complexity index is 1410. The summed E-state index contributed by atoms with van der Waals surface area (Å²) in [6, 6.07) is 6.83. The maximum absolute atomic E-state index is 15.1. The molecule has 5 rings (SSSR count). The van der Waals surface area contributed by atoms with Gasteiger partial charge in [0.05, 0.1) is 0 Å². The van der Waals surface area contributed by atoms with Crippen molar-refractivity contribution in [3.63, 3.8) is 0 Å². The predicted octanol–water partition coefficient (Wildman–Crippen LogP) is 6.70. The number of rotatable bonds is 7. The molecule has 232 valence electrons. The van der Waals surface area contributed by atoms with Crippen LogP contribution in [0.15, 0.2) is 53.1 Å². The molecule has 5 atom stereocenters. The van der Waals surface area contributed by atoms with Crippen molar-refractivity contribution in [3.8, 4) is 0 Å². The summed E-state index contributed by atoms with van der Waals surface area (Å²) in [5, 5.41) is 29.5. The number of carboxylic acids is 2. The second kappa shape index (κ2) is 10.7. The SMILES string of the molecule is C[C@]12C[C@H](c3ccc(C=CCC(C(=O)O)C(=O)O)cc3)C3=C4CCC(=O)C=C4CC[C@H]3[C@@H]1CC[C@@]2(O)C(F)(F)C(F)(F)F. The van der Waals surface area contributed by atoms with Gasteiger partial charge < -0.3 is 15.3 Å². The summed E-state index contributed by atoms with van der Waals surface area (Å²) >= 11 is 0. The number of aliphatic hydroxyl groups is 1. The summed E-state index contributed by atoms with van der Waals surface area (Å²) in [6.45, 7) is 1.37. The first-order chi connectivity index (χ1) is 20.0. The lowest BCUT2D eigenvalue weighted by atomic mass is 9.50. The molecule has 0 spiro atoms. The Kier molecular flexibility index (Phi) is 7.72. The van der Waals surface area contributed by atoms with Gasteiger partial charge in [0, 0.05) is 17.8 Å². The summed E-state index contributed by atoms with van der Waals surface area (Å²) in [7, 11) is 0. The van der Waals surface area contributed by atoms with Gasteiger partial charge in [-0.3, -0.25) is 14.4 Å². The summed E-state index contributed by atoms with van der Waals surface area (Å²) in [5.41, 5.74) is -0.945. The average Bonchev–Trinajstić information content (AvgIpc) is 3.21. The lowest BCUT2D eigenvalue weighted by molar-refractivity contribution is -0.362. The molecule has 0 heterocycles. The number of fused-ring (bicyclic) bond motifs is 4. The first kappa shape index (κ1) is 31.1. The van der Waals surface area contributed by atoms with E-state index < -0.39 is 59.2 Å². The highest BCUT2D eigenvalue weighted by Crippen LogP contribution is 2.70. The van der Waals surface area contributed by atoms with Gasteiger partial charge in [-0.2, -0.15) is 22.0 Å². The van der Waals surface area contributed by atoms with E-state index in [4.69, 9.17) is 10.2 Å². The van der Waals surface area contributed by atoms with Crippen molar-refractivity contribution >= 4 is 23.8 Å². The summed E-state index contributed by atoms with van der Waals surface area (Å²) in [4.78, 5) is 34.5. The highest BCUT2D eigenvalue weighted by molar-refractivity contribution is 5.93. The molecule has 43 heavy (non-hydrogen) atoms. The number of hydrogen-bond acceptors (Lipinski definition) is 4. The molecule has 2 saturated carbocycles. The van der Waals surface area contributed by atoms with Crippen molar-refractivity contribution in [1.82, 2.24) is 0 Å². The van der Waals surface area contributed by atoms with Crippen molar-refractivity contribution in [3.05, 3.63) is 64.3 Å². The smallest absolute Gasteiger partial charge is 0.456 e. The molecular weight excluding hydrogens is 575 g/mol. The molecule has 1 aromatic rings. The van der Waals surface area contributed by atoms with E-state index >= 15 is 8.78 Å². The fourth-order valence-corrected chi connectivity index (χ4v) is 8.20. The quantitative estimate of drug-likeness (QED) is 0.235. The fraction of sp³-hybridized carbons (Fsp3) is 0.531. The monoisotopic (exact) mass is 608 g/mol. The molecule has 0 bridgehead atoms. The minimum absolute atomic E-state index is 0.000709. The van der Waals surface area contributed by atoms with E-state index in [1.165, 1.54) is 13.0 Å². The molecule has 2 fully saturated rings. The third-order valence-electron chi connectivity index (χ3n) is 10.4. The number of alkyl halides is 5. The lowest BCUT2D eigenvalue weighted by Gasteiger charge is -2.56. The predicted molar refractivity (Wildman–Crippen MR) is 145 cm³/mol. The minimum Gasteiger partial charge on any atom is -0.481 e. The van der Waals surface area contributed by atoms with E-state index in [1.807, 2.05) is 0 Å². The number of aliphatic carboxylic acids is 2. The van der Waals surface area contributed by atoms with E-state index in [1.54, 1.807) is 36.4 Å². The number of halogens is 5. The van der Waals surface area contributed by atoms with E-state index in [-0.39, 0.29) is 37.4 Å². The first-order valence-corrected chi connectivity index (χ1v) is 14.4. The number of benzene rings is 1. The van der Waals surface area contributed by atoms with Gasteiger partial charge in [-0.15, -0.1) is 0 Å². The van der Waals surface area contributed by atoms with Gasteiger partial charge in [0.25, 0.3) is 0 Å². The number of carbonyl (C=O) groups is 3. The molecule has 0 amide bonds. The van der Waals surface area contributed by atoms with Crippen LogP contribution >= 0.6 is 0 Å². The zero-order valence-electron chi connectivity index (χ0n) is 23.5. The highest BCUT2D eigenvalue weighted by atomic mass is 19.4. The van der Waals surface area contributed by atoms with Gasteiger partial charge in [0.2, 0.25) is 0 Å². The number of allylic oxidation sites excluding steroid dienone is 5. The number of carboxylic acid groups (broad SMARTS) is 2. The topological polar surface area (TPSA) is 112 Å². The molecule has 4 aliphatic carbocycles. The second-order valence-electron chi connectivity index (χ2n) is 12.5. The number of hydrogen-bond donors (Lipinski definition) is 3. The summed E-state index contributed by atoms with van der Waals surface area (Å²) in [6.07, 6.45) is -0.601. The maximum Gasteiger partial charge on any atom is 0.456 e. The van der Waals surface area contributed by atoms with E-state index in [9.17, 15) is 32.7 Å². The normalized spacial score (nSPS) is 31.1. The fourth-order valence-electron chi connectivity index (χ4n) is 8.20. The van der Waals surface area contributed by atoms with Crippen LogP contribution in [0.25, 0.3) is 6.08 Å². The van der Waals surface area contributed by atoms with Gasteiger partial charge >= 0.3 is 24.0 Å². The van der Waals surface area contributed by atoms with Gasteiger partial charge in [-0.1, -0.05) is 48.9 Å². The van der Waals surface area contributed by atoms with Crippen molar-refractivity contribution in [2.24, 2.45) is 23.2 Å². The molecule has 0 aromatic heterocycles. The van der Waals surface area contributed by atoms with Crippen molar-refractivity contribution in [1.29, 1.82) is 0 Å². The highest BCUT2D eigenvalue weighted by Gasteiger charge is 2.79. The molecule has 3 N–H and O–H groups in total. The molecule has 11 heteroatoms. The molecule has 4 aliphatic rings. The third-order valence-corrected chi connectivity index (χ3v) is 10.4. The molecule has 0 radical (unpaired) electrons. The van der Waals surface area contributed by atoms with Crippen LogP contribution in [0.1, 0.15) is 75.3 Å². The van der Waals surface area contributed by atoms with E-state index in [2.05, 4.69) is 0 Å². The molecule has 6 nitrogen and oxygen atoms in total. The zero-order chi connectivity index (χ0) is 31.5. The molecule has 0 unspecified atom stereocenters. The zero-order valence-corrected chi connectivity index (χ0v) is 23.5. The Morgan fingerprint density at radius 3 is 2.28 bits per heavy atom. The van der Waals surface area contributed by atoms with Crippen molar-refractivity contribution in [2.75, 3.05) is 0 Å². The standard InChI is InChI=1S/C32H33F5O6/c1-29-16-24(18-7-5-17(6-8-18)3-2-4-23(27(39)40)28(41)42)26-21-12-10-20(38)15-19(21)9-11-22(26)25(29)13-14-30(29,43)31(33,34)32(35,36)37/h2-3,5-8,15,22-25,43H,4,9-14,16H2,1H3,(H,39,40)(H,41,42)/t22-,24+,25-,29-,30-/m0/s1. The molecule has 1 aromatic carbocycles. The van der Waals surface area contributed by atoms with Crippen LogP contribution in [-0.4, -0.2) is 50.7 Å². The molecule has 0 aliphatic heterocycles. The Morgan fingerprint density at radius 2 is 1.67 bits per heavy atom. The molecule has 0 saturated heterocycles. The lowest BCUT2D eigenvalue weighted by Crippen LogP contribution is -2.65. The molecular formula is C32H33F5O6. The maximum atomic E-state index is 15.1. The third kappa shape index (κ3) is 4.93. The Balaban J connectivity index is 1.55. The van der Waals surface area contributed by atoms with Crippen LogP contribution in [0.4, 0.5) is 22.0 Å². The Labute approximate surface area is 245 Å². The van der Waals surface area contributed by atoms with Crippen molar-refractivity contribution in [2.45, 2.75) is 81.9 Å². The van der Waals surface area contributed by atoms with Crippen LogP contribution in [0.3, 0.4) is 0 Å². The largest absolute Gasteiger partial charge is 0.481 e. The van der Waals surface area contributed by atoms with E-state index in [0.29, 0.717) is 30.4 Å². The Morgan fingerprint density at radius 1 is 1.02 bits per heavy atom. The van der Waals surface area contributed by atoms with Crippen LogP contribution in [0.2, 0.25) is 0 Å². The summed E-state index contributed by atoms with van der Waals surface area (Å²) in [5.74, 6) is -11.3. The van der Waals surface area contributed by atoms with Gasteiger partial charge in [-0.25, -0.2) is 0 Å². The number of carbonyl (C=O) groups excluding carboxylic acids is 1. The first-order valence-electron chi connectivity index (χ1n) is 14.4. The van der Waals surface area contributed by atoms with Gasteiger partial charge in [0.15, 0.2) is 11.7 Å². The summed E-state index contributed by atoms with van der Waals surface area (Å²) < 4.78 is 71.4. The van der Waals surface area contributed by atoms with Crippen LogP contribution in [0, 0.1) is 23.2 Å². The van der Waals surface area contributed by atoms with Gasteiger partial charge in [-0.05, 0) is 85.1 Å². The van der Waals surface area contributed by atoms with Crippen LogP contribution < -0.4 is 0 Å². The average molecular weight is 609 g/mol. The van der Waals surface area contributed by atoms with Crippen LogP contribution in [-0.2, 0) is 14.4 Å². The van der Waals surface area contributed by atoms with Crippen molar-refractivity contribution < 1.29 is 51.7 Å². The number of ketones is 1.